The second kappa shape index (κ2) is 9.94. The molecule has 0 aliphatic carbocycles. The smallest absolute Gasteiger partial charge is 0.373 e. The van der Waals surface area contributed by atoms with Crippen LogP contribution in [0.15, 0.2) is 24.3 Å². The van der Waals surface area contributed by atoms with E-state index >= 15 is 0 Å². The number of halogens is 1. The third-order valence-electron chi connectivity index (χ3n) is 3.23. The highest BCUT2D eigenvalue weighted by molar-refractivity contribution is 14.1. The summed E-state index contributed by atoms with van der Waals surface area (Å²) in [6.07, 6.45) is 1.98. The van der Waals surface area contributed by atoms with Crippen molar-refractivity contribution < 1.29 is 13.3 Å². The summed E-state index contributed by atoms with van der Waals surface area (Å²) in [6.45, 7) is 10.1. The molecule has 1 atom stereocenters. The highest BCUT2D eigenvalue weighted by Gasteiger charge is 2.47. The van der Waals surface area contributed by atoms with Gasteiger partial charge in [0, 0.05) is 19.8 Å². The van der Waals surface area contributed by atoms with E-state index in [1.165, 1.54) is 11.1 Å². The van der Waals surface area contributed by atoms with E-state index in [1.54, 1.807) is 0 Å². The zero-order valence-electron chi connectivity index (χ0n) is 13.5. The Morgan fingerprint density at radius 2 is 1.48 bits per heavy atom. The van der Waals surface area contributed by atoms with E-state index in [1.807, 2.05) is 20.8 Å². The molecular weight excluding hydrogens is 395 g/mol. The molecule has 3 nitrogen and oxygen atoms in total. The van der Waals surface area contributed by atoms with E-state index in [4.69, 9.17) is 13.3 Å². The fourth-order valence-corrected chi connectivity index (χ4v) is 6.92. The lowest BCUT2D eigenvalue weighted by Gasteiger charge is -2.32. The highest BCUT2D eigenvalue weighted by atomic mass is 127. The van der Waals surface area contributed by atoms with E-state index in [0.29, 0.717) is 19.8 Å². The predicted octanol–water partition coefficient (Wildman–Crippen LogP) is 4.18. The first-order valence-electron chi connectivity index (χ1n) is 7.75. The number of aryl methyl sites for hydroxylation is 1. The van der Waals surface area contributed by atoms with Gasteiger partial charge in [0.1, 0.15) is 0 Å². The van der Waals surface area contributed by atoms with Crippen molar-refractivity contribution in [1.82, 2.24) is 0 Å². The van der Waals surface area contributed by atoms with Gasteiger partial charge in [0.25, 0.3) is 0 Å². The van der Waals surface area contributed by atoms with Gasteiger partial charge in [-0.15, -0.1) is 0 Å². The summed E-state index contributed by atoms with van der Waals surface area (Å²) in [5, 5.41) is 0. The summed E-state index contributed by atoms with van der Waals surface area (Å²) in [5.74, 6) is 0. The molecule has 1 aromatic rings. The molecule has 0 saturated carbocycles. The molecule has 0 amide bonds. The molecule has 0 fully saturated rings. The van der Waals surface area contributed by atoms with Crippen LogP contribution in [0.4, 0.5) is 0 Å². The third-order valence-corrected chi connectivity index (χ3v) is 9.01. The average molecular weight is 422 g/mol. The van der Waals surface area contributed by atoms with Crippen molar-refractivity contribution in [2.75, 3.05) is 19.8 Å². The molecule has 0 spiro atoms. The molecule has 0 saturated heterocycles. The molecule has 21 heavy (non-hydrogen) atoms. The molecule has 0 heterocycles. The van der Waals surface area contributed by atoms with Gasteiger partial charge in [0.15, 0.2) is 0 Å². The molecule has 1 unspecified atom stereocenters. The van der Waals surface area contributed by atoms with Crippen LogP contribution < -0.4 is 0 Å². The van der Waals surface area contributed by atoms with Gasteiger partial charge in [-0.1, -0.05) is 53.8 Å². The van der Waals surface area contributed by atoms with E-state index < -0.39 is 8.80 Å². The van der Waals surface area contributed by atoms with Crippen LogP contribution in [0.2, 0.25) is 0 Å². The summed E-state index contributed by atoms with van der Waals surface area (Å²) in [5.41, 5.74) is 2.69. The predicted molar refractivity (Wildman–Crippen MR) is 98.0 cm³/mol. The number of rotatable bonds is 10. The molecular formula is C16H27IO3Si. The van der Waals surface area contributed by atoms with Gasteiger partial charge in [-0.2, -0.15) is 0 Å². The monoisotopic (exact) mass is 422 g/mol. The molecule has 0 radical (unpaired) electrons. The van der Waals surface area contributed by atoms with Crippen LogP contribution in [0.1, 0.15) is 38.8 Å². The Hall–Kier alpha value is 0.0469. The minimum absolute atomic E-state index is 0.224. The summed E-state index contributed by atoms with van der Waals surface area (Å²) < 4.78 is 18.2. The molecule has 0 aliphatic rings. The summed E-state index contributed by atoms with van der Waals surface area (Å²) >= 11 is 2.44. The van der Waals surface area contributed by atoms with Crippen molar-refractivity contribution in [2.24, 2.45) is 0 Å². The molecule has 0 N–H and O–H groups in total. The van der Waals surface area contributed by atoms with Crippen molar-refractivity contribution in [2.45, 2.75) is 44.1 Å². The van der Waals surface area contributed by atoms with Gasteiger partial charge >= 0.3 is 8.80 Å². The van der Waals surface area contributed by atoms with E-state index in [-0.39, 0.29) is 3.55 Å². The Morgan fingerprint density at radius 3 is 1.95 bits per heavy atom. The zero-order valence-corrected chi connectivity index (χ0v) is 16.7. The van der Waals surface area contributed by atoms with Gasteiger partial charge in [0.2, 0.25) is 0 Å². The van der Waals surface area contributed by atoms with Crippen molar-refractivity contribution in [1.29, 1.82) is 0 Å². The summed E-state index contributed by atoms with van der Waals surface area (Å²) in [7, 11) is -2.62. The minimum atomic E-state index is -2.62. The molecule has 0 bridgehead atoms. The first-order valence-corrected chi connectivity index (χ1v) is 10.8. The first-order chi connectivity index (χ1) is 10.1. The molecule has 0 aliphatic heterocycles. The maximum absolute atomic E-state index is 5.99. The van der Waals surface area contributed by atoms with E-state index in [2.05, 4.69) is 53.8 Å². The lowest BCUT2D eigenvalue weighted by molar-refractivity contribution is 0.0708. The minimum Gasteiger partial charge on any atom is -0.373 e. The molecule has 5 heteroatoms. The average Bonchev–Trinajstić information content (AvgIpc) is 2.48. The quantitative estimate of drug-likeness (QED) is 0.322. The van der Waals surface area contributed by atoms with Crippen LogP contribution in [-0.2, 0) is 26.1 Å². The van der Waals surface area contributed by atoms with E-state index in [0.717, 1.165) is 12.8 Å². The largest absolute Gasteiger partial charge is 0.514 e. The second-order valence-electron chi connectivity index (χ2n) is 4.75. The van der Waals surface area contributed by atoms with Crippen LogP contribution >= 0.6 is 22.6 Å². The van der Waals surface area contributed by atoms with Crippen LogP contribution in [-0.4, -0.2) is 32.2 Å². The molecule has 1 aromatic carbocycles. The van der Waals surface area contributed by atoms with Crippen LogP contribution in [0, 0.1) is 0 Å². The van der Waals surface area contributed by atoms with Crippen molar-refractivity contribution >= 4 is 31.4 Å². The van der Waals surface area contributed by atoms with Gasteiger partial charge in [-0.3, -0.25) is 0 Å². The number of benzene rings is 1. The Morgan fingerprint density at radius 1 is 0.952 bits per heavy atom. The Bertz CT molecular complexity index is 397. The number of hydrogen-bond donors (Lipinski definition) is 0. The molecule has 120 valence electrons. The Kier molecular flexibility index (Phi) is 9.04. The lowest BCUT2D eigenvalue weighted by atomic mass is 10.1. The van der Waals surface area contributed by atoms with Crippen LogP contribution in [0.3, 0.4) is 0 Å². The van der Waals surface area contributed by atoms with Crippen molar-refractivity contribution in [3.63, 3.8) is 0 Å². The first kappa shape index (κ1) is 19.1. The normalized spacial score (nSPS) is 13.4. The second-order valence-corrected chi connectivity index (χ2v) is 10.2. The maximum atomic E-state index is 5.99. The summed E-state index contributed by atoms with van der Waals surface area (Å²) in [4.78, 5) is 0. The van der Waals surface area contributed by atoms with Gasteiger partial charge in [-0.05, 0) is 44.7 Å². The topological polar surface area (TPSA) is 27.7 Å². The standard InChI is InChI=1S/C16H27IO3Si/c1-5-14-10-9-11-15(12-14)13-16(17)21(18-6-2,19-7-3)20-8-4/h9-12,16H,5-8,13H2,1-4H3. The Balaban J connectivity index is 2.89. The van der Waals surface area contributed by atoms with Gasteiger partial charge < -0.3 is 13.3 Å². The third kappa shape index (κ3) is 5.63. The lowest BCUT2D eigenvalue weighted by Crippen LogP contribution is -2.54. The van der Waals surface area contributed by atoms with Crippen molar-refractivity contribution in [3.05, 3.63) is 35.4 Å². The Labute approximate surface area is 143 Å². The number of hydrogen-bond acceptors (Lipinski definition) is 3. The number of alkyl halides is 1. The fraction of sp³-hybridized carbons (Fsp3) is 0.625. The maximum Gasteiger partial charge on any atom is 0.514 e. The highest BCUT2D eigenvalue weighted by Crippen LogP contribution is 2.26. The zero-order chi connectivity index (χ0) is 15.7. The summed E-state index contributed by atoms with van der Waals surface area (Å²) in [6, 6.07) is 8.75. The SMILES string of the molecule is CCO[Si](OCC)(OCC)C(I)Cc1cccc(CC)c1. The van der Waals surface area contributed by atoms with Gasteiger partial charge in [-0.25, -0.2) is 0 Å². The van der Waals surface area contributed by atoms with Crippen molar-refractivity contribution in [3.8, 4) is 0 Å². The van der Waals surface area contributed by atoms with Crippen LogP contribution in [0.25, 0.3) is 0 Å². The molecule has 0 aromatic heterocycles. The van der Waals surface area contributed by atoms with Crippen LogP contribution in [0.5, 0.6) is 0 Å². The fourth-order valence-electron chi connectivity index (χ4n) is 2.31. The molecule has 1 rings (SSSR count). The van der Waals surface area contributed by atoms with E-state index in [9.17, 15) is 0 Å². The van der Waals surface area contributed by atoms with Gasteiger partial charge in [0.05, 0.1) is 3.55 Å².